The second-order valence-electron chi connectivity index (χ2n) is 4.46. The Kier molecular flexibility index (Phi) is 4.48. The third-order valence-electron chi connectivity index (χ3n) is 1.87. The Balaban J connectivity index is 4.44. The summed E-state index contributed by atoms with van der Waals surface area (Å²) in [6.07, 6.45) is -0.679. The first-order chi connectivity index (χ1) is 6.05. The molecule has 0 heterocycles. The van der Waals surface area contributed by atoms with Gasteiger partial charge in [-0.15, -0.1) is 0 Å². The summed E-state index contributed by atoms with van der Waals surface area (Å²) in [7, 11) is 0. The summed E-state index contributed by atoms with van der Waals surface area (Å²) in [4.78, 5) is 1.44. The van der Waals surface area contributed by atoms with Gasteiger partial charge in [-0.05, 0) is 34.6 Å². The van der Waals surface area contributed by atoms with Gasteiger partial charge < -0.3 is 15.3 Å². The van der Waals surface area contributed by atoms with Crippen LogP contribution in [0.15, 0.2) is 0 Å². The number of rotatable bonds is 5. The molecule has 5 heteroatoms. The van der Waals surface area contributed by atoms with E-state index in [0.717, 1.165) is 0 Å². The standard InChI is InChI=1S/C9H22N2O3/c1-7(12)10-6-11(8(2,3)13)9(4,5)14/h7,10,12-14H,6H2,1-5H3. The minimum absolute atomic E-state index is 0.199. The van der Waals surface area contributed by atoms with Crippen molar-refractivity contribution in [2.45, 2.75) is 52.3 Å². The van der Waals surface area contributed by atoms with Crippen molar-refractivity contribution < 1.29 is 15.3 Å². The SMILES string of the molecule is CC(O)NCN(C(C)(C)O)C(C)(C)O. The smallest absolute Gasteiger partial charge is 0.116 e. The van der Waals surface area contributed by atoms with Gasteiger partial charge in [-0.2, -0.15) is 0 Å². The molecule has 1 unspecified atom stereocenters. The van der Waals surface area contributed by atoms with Gasteiger partial charge in [0.15, 0.2) is 0 Å². The monoisotopic (exact) mass is 206 g/mol. The fourth-order valence-electron chi connectivity index (χ4n) is 1.28. The Morgan fingerprint density at radius 2 is 1.50 bits per heavy atom. The number of aliphatic hydroxyl groups is 3. The summed E-state index contributed by atoms with van der Waals surface area (Å²) in [6, 6.07) is 0. The summed E-state index contributed by atoms with van der Waals surface area (Å²) < 4.78 is 0. The van der Waals surface area contributed by atoms with Crippen molar-refractivity contribution >= 4 is 0 Å². The molecule has 0 aromatic rings. The third kappa shape index (κ3) is 4.88. The Morgan fingerprint density at radius 3 is 1.71 bits per heavy atom. The van der Waals surface area contributed by atoms with Crippen molar-refractivity contribution in [2.24, 2.45) is 0 Å². The molecule has 0 aliphatic rings. The molecule has 0 aromatic heterocycles. The molecule has 0 aliphatic carbocycles. The normalized spacial score (nSPS) is 16.1. The van der Waals surface area contributed by atoms with Gasteiger partial charge in [-0.1, -0.05) is 0 Å². The fraction of sp³-hybridized carbons (Fsp3) is 1.00. The maximum absolute atomic E-state index is 9.77. The third-order valence-corrected chi connectivity index (χ3v) is 1.87. The van der Waals surface area contributed by atoms with Gasteiger partial charge in [0.25, 0.3) is 0 Å². The highest BCUT2D eigenvalue weighted by molar-refractivity contribution is 4.77. The van der Waals surface area contributed by atoms with Crippen LogP contribution < -0.4 is 5.32 Å². The molecule has 0 amide bonds. The van der Waals surface area contributed by atoms with Crippen molar-refractivity contribution in [3.63, 3.8) is 0 Å². The molecule has 5 nitrogen and oxygen atoms in total. The number of hydrogen-bond donors (Lipinski definition) is 4. The van der Waals surface area contributed by atoms with Crippen LogP contribution in [0.4, 0.5) is 0 Å². The maximum atomic E-state index is 9.77. The quantitative estimate of drug-likeness (QED) is 0.462. The van der Waals surface area contributed by atoms with E-state index in [1.807, 2.05) is 0 Å². The van der Waals surface area contributed by atoms with Crippen LogP contribution in [-0.2, 0) is 0 Å². The average Bonchev–Trinajstić information content (AvgIpc) is 1.78. The Morgan fingerprint density at radius 1 is 1.14 bits per heavy atom. The molecule has 0 aliphatic heterocycles. The van der Waals surface area contributed by atoms with E-state index in [1.165, 1.54) is 4.90 Å². The minimum Gasteiger partial charge on any atom is -0.379 e. The van der Waals surface area contributed by atoms with Gasteiger partial charge in [0.1, 0.15) is 17.7 Å². The van der Waals surface area contributed by atoms with Gasteiger partial charge in [-0.25, -0.2) is 4.90 Å². The zero-order chi connectivity index (χ0) is 11.6. The van der Waals surface area contributed by atoms with Crippen LogP contribution in [0.2, 0.25) is 0 Å². The predicted octanol–water partition coefficient (Wildman–Crippen LogP) is -0.369. The van der Waals surface area contributed by atoms with Gasteiger partial charge in [0, 0.05) is 0 Å². The van der Waals surface area contributed by atoms with Gasteiger partial charge in [0.05, 0.1) is 6.67 Å². The first kappa shape index (κ1) is 13.8. The van der Waals surface area contributed by atoms with Crippen LogP contribution in [-0.4, -0.2) is 44.6 Å². The minimum atomic E-state index is -1.15. The highest BCUT2D eigenvalue weighted by Gasteiger charge is 2.34. The van der Waals surface area contributed by atoms with Crippen molar-refractivity contribution in [3.8, 4) is 0 Å². The molecule has 14 heavy (non-hydrogen) atoms. The lowest BCUT2D eigenvalue weighted by Gasteiger charge is -2.42. The first-order valence-corrected chi connectivity index (χ1v) is 4.69. The zero-order valence-electron chi connectivity index (χ0n) is 9.57. The second kappa shape index (κ2) is 4.55. The second-order valence-corrected chi connectivity index (χ2v) is 4.46. The van der Waals surface area contributed by atoms with Gasteiger partial charge in [0.2, 0.25) is 0 Å². The van der Waals surface area contributed by atoms with Crippen molar-refractivity contribution in [3.05, 3.63) is 0 Å². The summed E-state index contributed by atoms with van der Waals surface area (Å²) in [6.45, 7) is 8.09. The van der Waals surface area contributed by atoms with E-state index in [0.29, 0.717) is 0 Å². The Bertz CT molecular complexity index is 156. The largest absolute Gasteiger partial charge is 0.379 e. The molecule has 86 valence electrons. The van der Waals surface area contributed by atoms with Crippen molar-refractivity contribution in [2.75, 3.05) is 6.67 Å². The van der Waals surface area contributed by atoms with Gasteiger partial charge in [-0.3, -0.25) is 5.32 Å². The zero-order valence-corrected chi connectivity index (χ0v) is 9.57. The van der Waals surface area contributed by atoms with Crippen LogP contribution in [0.5, 0.6) is 0 Å². The molecule has 4 N–H and O–H groups in total. The number of nitrogens with one attached hydrogen (secondary N) is 1. The van der Waals surface area contributed by atoms with Crippen LogP contribution in [0, 0.1) is 0 Å². The highest BCUT2D eigenvalue weighted by Crippen LogP contribution is 2.19. The number of hydrogen-bond acceptors (Lipinski definition) is 5. The average molecular weight is 206 g/mol. The van der Waals surface area contributed by atoms with E-state index in [1.54, 1.807) is 34.6 Å². The summed E-state index contributed by atoms with van der Waals surface area (Å²) in [5, 5.41) is 31.3. The lowest BCUT2D eigenvalue weighted by atomic mass is 10.1. The van der Waals surface area contributed by atoms with E-state index >= 15 is 0 Å². The van der Waals surface area contributed by atoms with Crippen LogP contribution in [0.1, 0.15) is 34.6 Å². The molecule has 1 atom stereocenters. The molecule has 0 spiro atoms. The highest BCUT2D eigenvalue weighted by atomic mass is 16.3. The van der Waals surface area contributed by atoms with E-state index in [4.69, 9.17) is 5.11 Å². The molecule has 0 bridgehead atoms. The Labute approximate surface area is 85.4 Å². The van der Waals surface area contributed by atoms with Crippen LogP contribution >= 0.6 is 0 Å². The van der Waals surface area contributed by atoms with E-state index in [-0.39, 0.29) is 6.67 Å². The predicted molar refractivity (Wildman–Crippen MR) is 54.1 cm³/mol. The summed E-state index contributed by atoms with van der Waals surface area (Å²) in [5.41, 5.74) is -2.31. The number of nitrogens with zero attached hydrogens (tertiary/aromatic N) is 1. The lowest BCUT2D eigenvalue weighted by Crippen LogP contribution is -2.59. The molecule has 0 saturated heterocycles. The molecule has 0 rings (SSSR count). The molecule has 0 saturated carbocycles. The molecular weight excluding hydrogens is 184 g/mol. The maximum Gasteiger partial charge on any atom is 0.116 e. The van der Waals surface area contributed by atoms with E-state index in [9.17, 15) is 10.2 Å². The Hall–Kier alpha value is -0.200. The summed E-state index contributed by atoms with van der Waals surface area (Å²) in [5.74, 6) is 0. The molecule has 0 fully saturated rings. The topological polar surface area (TPSA) is 76.0 Å². The molecular formula is C9H22N2O3. The first-order valence-electron chi connectivity index (χ1n) is 4.69. The van der Waals surface area contributed by atoms with Crippen LogP contribution in [0.3, 0.4) is 0 Å². The van der Waals surface area contributed by atoms with Crippen molar-refractivity contribution in [1.82, 2.24) is 10.2 Å². The molecule has 0 radical (unpaired) electrons. The number of aliphatic hydroxyl groups excluding tert-OH is 1. The van der Waals surface area contributed by atoms with Gasteiger partial charge >= 0.3 is 0 Å². The van der Waals surface area contributed by atoms with E-state index in [2.05, 4.69) is 5.32 Å². The summed E-state index contributed by atoms with van der Waals surface area (Å²) >= 11 is 0. The van der Waals surface area contributed by atoms with E-state index < -0.39 is 17.7 Å². The van der Waals surface area contributed by atoms with Crippen molar-refractivity contribution in [1.29, 1.82) is 0 Å². The lowest BCUT2D eigenvalue weighted by molar-refractivity contribution is -0.205. The fourth-order valence-corrected chi connectivity index (χ4v) is 1.28. The van der Waals surface area contributed by atoms with Crippen LogP contribution in [0.25, 0.3) is 0 Å². The molecule has 0 aromatic carbocycles.